The zero-order valence-corrected chi connectivity index (χ0v) is 28.8. The highest BCUT2D eigenvalue weighted by Gasteiger charge is 2.49. The summed E-state index contributed by atoms with van der Waals surface area (Å²) in [5.74, 6) is -6.24. The van der Waals surface area contributed by atoms with Crippen LogP contribution in [0.1, 0.15) is 32.3 Å². The van der Waals surface area contributed by atoms with Gasteiger partial charge in [0.15, 0.2) is 31.6 Å². The van der Waals surface area contributed by atoms with E-state index < -0.39 is 110 Å². The number of halogens is 4. The zero-order valence-electron chi connectivity index (χ0n) is 25.6. The SMILES string of the molecule is COC[C@H](CS(=O)(=O)c1ccc(Cl)s1)C(=O)N1C[C@H](S(=O)(=O)Cc2ccc(OC)cc2)C[C@H]1C(=O)C[C@@H](C(C)C)[C@H](O)C(F)(F)F. The number of Topliss-reactive ketones (excluding diaryl/α,β-unsaturated/α-hetero) is 1. The molecule has 46 heavy (non-hydrogen) atoms. The predicted molar refractivity (Wildman–Crippen MR) is 166 cm³/mol. The molecule has 1 saturated heterocycles. The molecule has 1 aliphatic rings. The van der Waals surface area contributed by atoms with E-state index in [4.69, 9.17) is 21.1 Å². The lowest BCUT2D eigenvalue weighted by molar-refractivity contribution is -0.224. The summed E-state index contributed by atoms with van der Waals surface area (Å²) in [6.07, 6.45) is -9.06. The molecule has 0 radical (unpaired) electrons. The Balaban J connectivity index is 1.97. The molecule has 2 heterocycles. The van der Waals surface area contributed by atoms with E-state index in [0.717, 1.165) is 16.2 Å². The number of nitrogens with zero attached hydrogens (tertiary/aromatic N) is 1. The number of aliphatic hydroxyl groups excluding tert-OH is 1. The number of methoxy groups -OCH3 is 2. The van der Waals surface area contributed by atoms with Crippen LogP contribution in [-0.4, -0.2) is 95.2 Å². The number of hydrogen-bond donors (Lipinski definition) is 1. The number of carbonyl (C=O) groups is 2. The Labute approximate surface area is 275 Å². The third-order valence-corrected chi connectivity index (χ3v) is 13.7. The van der Waals surface area contributed by atoms with Gasteiger partial charge in [-0.2, -0.15) is 13.2 Å². The van der Waals surface area contributed by atoms with Crippen LogP contribution >= 0.6 is 22.9 Å². The summed E-state index contributed by atoms with van der Waals surface area (Å²) in [5.41, 5.74) is 0.402. The van der Waals surface area contributed by atoms with Crippen LogP contribution in [0.2, 0.25) is 4.34 Å². The van der Waals surface area contributed by atoms with Crippen molar-refractivity contribution in [1.29, 1.82) is 0 Å². The number of ether oxygens (including phenoxy) is 2. The van der Waals surface area contributed by atoms with E-state index in [-0.39, 0.29) is 8.55 Å². The van der Waals surface area contributed by atoms with Gasteiger partial charge in [0.2, 0.25) is 5.91 Å². The van der Waals surface area contributed by atoms with Gasteiger partial charge in [-0.25, -0.2) is 16.8 Å². The molecule has 1 fully saturated rings. The molecule has 10 nitrogen and oxygen atoms in total. The van der Waals surface area contributed by atoms with Crippen molar-refractivity contribution in [2.24, 2.45) is 17.8 Å². The Morgan fingerprint density at radius 3 is 2.22 bits per heavy atom. The van der Waals surface area contributed by atoms with Crippen LogP contribution in [0.5, 0.6) is 5.75 Å². The fraction of sp³-hybridized carbons (Fsp3) is 0.586. The van der Waals surface area contributed by atoms with E-state index in [9.17, 15) is 44.7 Å². The van der Waals surface area contributed by atoms with E-state index in [2.05, 4.69) is 0 Å². The number of sulfone groups is 2. The third-order valence-electron chi connectivity index (χ3n) is 7.98. The second-order valence-corrected chi connectivity index (χ2v) is 17.8. The van der Waals surface area contributed by atoms with Crippen LogP contribution in [0.15, 0.2) is 40.6 Å². The van der Waals surface area contributed by atoms with Crippen molar-refractivity contribution in [3.63, 3.8) is 0 Å². The number of benzene rings is 1. The quantitative estimate of drug-likeness (QED) is 0.285. The van der Waals surface area contributed by atoms with Crippen LogP contribution < -0.4 is 4.74 Å². The molecule has 0 saturated carbocycles. The smallest absolute Gasteiger partial charge is 0.414 e. The first-order valence-electron chi connectivity index (χ1n) is 14.2. The molecular formula is C29H37ClF3NO9S3. The van der Waals surface area contributed by atoms with Crippen LogP contribution in [0, 0.1) is 17.8 Å². The fourth-order valence-electron chi connectivity index (χ4n) is 5.44. The van der Waals surface area contributed by atoms with Gasteiger partial charge in [-0.15, -0.1) is 11.3 Å². The number of aliphatic hydroxyl groups is 1. The van der Waals surface area contributed by atoms with Crippen LogP contribution in [0.3, 0.4) is 0 Å². The largest absolute Gasteiger partial charge is 0.497 e. The minimum Gasteiger partial charge on any atom is -0.497 e. The molecule has 0 unspecified atom stereocenters. The Kier molecular flexibility index (Phi) is 12.7. The molecule has 258 valence electrons. The lowest BCUT2D eigenvalue weighted by atomic mass is 9.84. The van der Waals surface area contributed by atoms with Crippen LogP contribution in [-0.2, 0) is 39.8 Å². The zero-order chi connectivity index (χ0) is 34.6. The second-order valence-electron chi connectivity index (χ2n) is 11.6. The van der Waals surface area contributed by atoms with Gasteiger partial charge in [0.1, 0.15) is 9.96 Å². The summed E-state index contributed by atoms with van der Waals surface area (Å²) < 4.78 is 104. The monoisotopic (exact) mass is 731 g/mol. The molecule has 1 aliphatic heterocycles. The summed E-state index contributed by atoms with van der Waals surface area (Å²) in [4.78, 5) is 28.5. The molecule has 17 heteroatoms. The van der Waals surface area contributed by atoms with Crippen molar-refractivity contribution in [3.05, 3.63) is 46.3 Å². The molecule has 1 N–H and O–H groups in total. The highest BCUT2D eigenvalue weighted by Crippen LogP contribution is 2.35. The molecule has 1 aromatic carbocycles. The minimum atomic E-state index is -5.02. The maximum Gasteiger partial charge on any atom is 0.414 e. The lowest BCUT2D eigenvalue weighted by Gasteiger charge is -2.31. The Morgan fingerprint density at radius 1 is 1.09 bits per heavy atom. The van der Waals surface area contributed by atoms with Crippen LogP contribution in [0.25, 0.3) is 0 Å². The summed E-state index contributed by atoms with van der Waals surface area (Å²) in [7, 11) is -5.45. The highest BCUT2D eigenvalue weighted by atomic mass is 35.5. The summed E-state index contributed by atoms with van der Waals surface area (Å²) >= 11 is 6.68. The lowest BCUT2D eigenvalue weighted by Crippen LogP contribution is -2.48. The van der Waals surface area contributed by atoms with E-state index in [1.54, 1.807) is 24.3 Å². The van der Waals surface area contributed by atoms with Crippen molar-refractivity contribution < 1.29 is 54.2 Å². The molecule has 0 bridgehead atoms. The first-order chi connectivity index (χ1) is 21.3. The fourth-order valence-corrected chi connectivity index (χ4v) is 10.3. The van der Waals surface area contributed by atoms with Crippen LogP contribution in [0.4, 0.5) is 13.2 Å². The number of hydrogen-bond acceptors (Lipinski definition) is 10. The van der Waals surface area contributed by atoms with E-state index >= 15 is 0 Å². The molecule has 0 aliphatic carbocycles. The number of ketones is 1. The van der Waals surface area contributed by atoms with Gasteiger partial charge in [0.05, 0.1) is 46.8 Å². The molecule has 0 spiro atoms. The number of carbonyl (C=O) groups excluding carboxylic acids is 2. The molecule has 3 rings (SSSR count). The summed E-state index contributed by atoms with van der Waals surface area (Å²) in [6, 6.07) is 7.38. The number of rotatable bonds is 15. The average molecular weight is 732 g/mol. The maximum atomic E-state index is 13.9. The Morgan fingerprint density at radius 2 is 1.72 bits per heavy atom. The predicted octanol–water partition coefficient (Wildman–Crippen LogP) is 4.19. The molecule has 1 aromatic heterocycles. The summed E-state index contributed by atoms with van der Waals surface area (Å²) in [5, 5.41) is 8.72. The Bertz CT molecular complexity index is 1580. The molecule has 2 aromatic rings. The third kappa shape index (κ3) is 9.43. The number of alkyl halides is 3. The second kappa shape index (κ2) is 15.3. The van der Waals surface area contributed by atoms with Crippen molar-refractivity contribution in [2.45, 2.75) is 60.2 Å². The first-order valence-corrected chi connectivity index (χ1v) is 18.8. The standard InChI is InChI=1S/C29H37ClF3NO9S3/c1-17(2)22(27(36)29(31,32)33)12-24(35)23-11-21(45(38,39)15-18-5-7-20(43-4)8-6-18)13-34(23)28(37)19(14-42-3)16-46(40,41)26-10-9-25(30)44-26/h5-10,17,19,21-23,27,36H,11-16H2,1-4H3/t19-,21-,22+,23+,27+/m1/s1. The van der Waals surface area contributed by atoms with Gasteiger partial charge in [-0.05, 0) is 42.2 Å². The van der Waals surface area contributed by atoms with Crippen molar-refractivity contribution in [3.8, 4) is 5.75 Å². The van der Waals surface area contributed by atoms with Gasteiger partial charge in [0, 0.05) is 26.0 Å². The van der Waals surface area contributed by atoms with Gasteiger partial charge in [0.25, 0.3) is 0 Å². The maximum absolute atomic E-state index is 13.9. The molecule has 5 atom stereocenters. The van der Waals surface area contributed by atoms with Gasteiger partial charge < -0.3 is 19.5 Å². The van der Waals surface area contributed by atoms with Gasteiger partial charge in [-0.3, -0.25) is 9.59 Å². The normalized spacial score (nSPS) is 19.7. The van der Waals surface area contributed by atoms with E-state index in [1.165, 1.54) is 40.2 Å². The van der Waals surface area contributed by atoms with Gasteiger partial charge in [-0.1, -0.05) is 37.6 Å². The van der Waals surface area contributed by atoms with Crippen molar-refractivity contribution >= 4 is 54.3 Å². The average Bonchev–Trinajstić information content (AvgIpc) is 3.62. The number of likely N-dealkylation sites (tertiary alicyclic amines) is 1. The number of amides is 1. The molecule has 1 amide bonds. The van der Waals surface area contributed by atoms with Crippen molar-refractivity contribution in [1.82, 2.24) is 4.90 Å². The summed E-state index contributed by atoms with van der Waals surface area (Å²) in [6.45, 7) is 1.91. The minimum absolute atomic E-state index is 0.110. The number of thiophene rings is 1. The topological polar surface area (TPSA) is 144 Å². The van der Waals surface area contributed by atoms with Crippen molar-refractivity contribution in [2.75, 3.05) is 33.1 Å². The van der Waals surface area contributed by atoms with E-state index in [1.807, 2.05) is 0 Å². The van der Waals surface area contributed by atoms with E-state index in [0.29, 0.717) is 11.3 Å². The van der Waals surface area contributed by atoms with Gasteiger partial charge >= 0.3 is 6.18 Å². The first kappa shape index (κ1) is 38.2. The molecular weight excluding hydrogens is 695 g/mol. The highest BCUT2D eigenvalue weighted by molar-refractivity contribution is 7.93. The Hall–Kier alpha value is -2.24.